The summed E-state index contributed by atoms with van der Waals surface area (Å²) in [5.74, 6) is 0. The first-order chi connectivity index (χ1) is 8.83. The van der Waals surface area contributed by atoms with Crippen molar-refractivity contribution < 1.29 is 4.79 Å². The maximum atomic E-state index is 10.6. The molecule has 2 nitrogen and oxygen atoms in total. The van der Waals surface area contributed by atoms with Crippen LogP contribution in [0.1, 0.15) is 27.0 Å². The van der Waals surface area contributed by atoms with Crippen LogP contribution in [-0.4, -0.2) is 6.29 Å². The molecule has 86 valence electrons. The van der Waals surface area contributed by atoms with Crippen molar-refractivity contribution in [2.45, 2.75) is 0 Å². The summed E-state index contributed by atoms with van der Waals surface area (Å²) in [6.45, 7) is 0. The van der Waals surface area contributed by atoms with Crippen molar-refractivity contribution in [2.75, 3.05) is 0 Å². The van der Waals surface area contributed by atoms with E-state index in [0.29, 0.717) is 11.1 Å². The number of hydrogen-bond acceptors (Lipinski definition) is 2. The molecule has 0 unspecified atom stereocenters. The number of nitriles is 1. The molecule has 0 heterocycles. The predicted octanol–water partition coefficient (Wildman–Crippen LogP) is 3.54. The second-order valence-corrected chi connectivity index (χ2v) is 3.82. The Morgan fingerprint density at radius 1 is 0.944 bits per heavy atom. The van der Waals surface area contributed by atoms with Gasteiger partial charge in [0.15, 0.2) is 0 Å². The fourth-order valence-corrected chi connectivity index (χ4v) is 1.64. The summed E-state index contributed by atoms with van der Waals surface area (Å²) < 4.78 is 0. The Morgan fingerprint density at radius 3 is 2.39 bits per heavy atom. The molecule has 0 radical (unpaired) electrons. The zero-order valence-electron chi connectivity index (χ0n) is 9.71. The minimum Gasteiger partial charge on any atom is -0.298 e. The van der Waals surface area contributed by atoms with Gasteiger partial charge in [-0.1, -0.05) is 54.6 Å². The lowest BCUT2D eigenvalue weighted by Crippen LogP contribution is -1.86. The van der Waals surface area contributed by atoms with Crippen LogP contribution >= 0.6 is 0 Å². The van der Waals surface area contributed by atoms with Crippen LogP contribution in [0.25, 0.3) is 12.2 Å². The van der Waals surface area contributed by atoms with Gasteiger partial charge in [0.2, 0.25) is 0 Å². The number of hydrogen-bond donors (Lipinski definition) is 0. The van der Waals surface area contributed by atoms with Crippen molar-refractivity contribution in [3.63, 3.8) is 0 Å². The first-order valence-corrected chi connectivity index (χ1v) is 5.56. The lowest BCUT2D eigenvalue weighted by molar-refractivity contribution is 0.112. The van der Waals surface area contributed by atoms with Crippen molar-refractivity contribution >= 4 is 18.4 Å². The minimum absolute atomic E-state index is 0.506. The van der Waals surface area contributed by atoms with Gasteiger partial charge in [-0.05, 0) is 17.2 Å². The topological polar surface area (TPSA) is 40.9 Å². The quantitative estimate of drug-likeness (QED) is 0.601. The molecule has 0 amide bonds. The van der Waals surface area contributed by atoms with Gasteiger partial charge in [-0.3, -0.25) is 4.79 Å². The molecule has 0 aliphatic carbocycles. The first-order valence-electron chi connectivity index (χ1n) is 5.56. The van der Waals surface area contributed by atoms with Crippen molar-refractivity contribution in [3.05, 3.63) is 70.8 Å². The number of carbonyl (C=O) groups is 1. The zero-order chi connectivity index (χ0) is 12.8. The average molecular weight is 233 g/mol. The summed E-state index contributed by atoms with van der Waals surface area (Å²) >= 11 is 0. The minimum atomic E-state index is 0.506. The van der Waals surface area contributed by atoms with Crippen molar-refractivity contribution in [1.29, 1.82) is 5.26 Å². The van der Waals surface area contributed by atoms with E-state index in [1.54, 1.807) is 18.2 Å². The largest absolute Gasteiger partial charge is 0.298 e. The van der Waals surface area contributed by atoms with E-state index in [4.69, 9.17) is 5.26 Å². The van der Waals surface area contributed by atoms with Gasteiger partial charge in [0, 0.05) is 5.56 Å². The van der Waals surface area contributed by atoms with Crippen LogP contribution in [0.5, 0.6) is 0 Å². The number of benzene rings is 2. The average Bonchev–Trinajstić information content (AvgIpc) is 2.46. The van der Waals surface area contributed by atoms with Crippen LogP contribution in [0, 0.1) is 11.3 Å². The third kappa shape index (κ3) is 2.72. The summed E-state index contributed by atoms with van der Waals surface area (Å²) in [6, 6.07) is 17.0. The molecule has 0 saturated carbocycles. The van der Waals surface area contributed by atoms with Gasteiger partial charge in [0.25, 0.3) is 0 Å². The highest BCUT2D eigenvalue weighted by Crippen LogP contribution is 2.14. The summed E-state index contributed by atoms with van der Waals surface area (Å²) in [4.78, 5) is 10.6. The van der Waals surface area contributed by atoms with E-state index >= 15 is 0 Å². The van der Waals surface area contributed by atoms with Gasteiger partial charge in [0.05, 0.1) is 11.6 Å². The lowest BCUT2D eigenvalue weighted by Gasteiger charge is -1.99. The molecule has 0 atom stereocenters. The van der Waals surface area contributed by atoms with Gasteiger partial charge in [-0.25, -0.2) is 0 Å². The molecule has 0 fully saturated rings. The summed E-state index contributed by atoms with van der Waals surface area (Å²) in [7, 11) is 0. The van der Waals surface area contributed by atoms with Gasteiger partial charge in [-0.15, -0.1) is 0 Å². The smallest absolute Gasteiger partial charge is 0.150 e. The molecule has 0 aliphatic rings. The lowest BCUT2D eigenvalue weighted by atomic mass is 10.0. The molecule has 18 heavy (non-hydrogen) atoms. The Labute approximate surface area is 106 Å². The highest BCUT2D eigenvalue weighted by atomic mass is 16.1. The molecule has 2 aromatic rings. The first kappa shape index (κ1) is 11.8. The molecular formula is C16H11NO. The highest BCUT2D eigenvalue weighted by Gasteiger charge is 2.00. The van der Waals surface area contributed by atoms with E-state index in [0.717, 1.165) is 17.4 Å². The van der Waals surface area contributed by atoms with Crippen LogP contribution < -0.4 is 0 Å². The van der Waals surface area contributed by atoms with Gasteiger partial charge in [0.1, 0.15) is 6.29 Å². The molecule has 0 aromatic heterocycles. The zero-order valence-corrected chi connectivity index (χ0v) is 9.71. The molecule has 2 heteroatoms. The Morgan fingerprint density at radius 2 is 1.72 bits per heavy atom. The van der Waals surface area contributed by atoms with E-state index < -0.39 is 0 Å². The maximum absolute atomic E-state index is 10.6. The maximum Gasteiger partial charge on any atom is 0.150 e. The van der Waals surface area contributed by atoms with E-state index in [1.165, 1.54) is 0 Å². The van der Waals surface area contributed by atoms with E-state index in [1.807, 2.05) is 42.5 Å². The van der Waals surface area contributed by atoms with E-state index in [2.05, 4.69) is 6.07 Å². The SMILES string of the molecule is N#Cc1cc(C=O)ccc1/C=C/c1ccccc1. The molecule has 0 saturated heterocycles. The summed E-state index contributed by atoms with van der Waals surface area (Å²) in [6.07, 6.45) is 4.56. The highest BCUT2D eigenvalue weighted by molar-refractivity contribution is 5.79. The van der Waals surface area contributed by atoms with Crippen molar-refractivity contribution in [2.24, 2.45) is 0 Å². The Bertz CT molecular complexity index is 621. The van der Waals surface area contributed by atoms with Crippen LogP contribution in [0.4, 0.5) is 0 Å². The van der Waals surface area contributed by atoms with Crippen LogP contribution in [0.15, 0.2) is 48.5 Å². The second-order valence-electron chi connectivity index (χ2n) is 3.82. The monoisotopic (exact) mass is 233 g/mol. The fourth-order valence-electron chi connectivity index (χ4n) is 1.64. The number of aldehydes is 1. The Kier molecular flexibility index (Phi) is 3.68. The van der Waals surface area contributed by atoms with Gasteiger partial charge in [-0.2, -0.15) is 5.26 Å². The van der Waals surface area contributed by atoms with Crippen LogP contribution in [-0.2, 0) is 0 Å². The third-order valence-electron chi connectivity index (χ3n) is 2.59. The molecule has 0 aliphatic heterocycles. The van der Waals surface area contributed by atoms with Crippen LogP contribution in [0.3, 0.4) is 0 Å². The van der Waals surface area contributed by atoms with Crippen LogP contribution in [0.2, 0.25) is 0 Å². The molecule has 0 spiro atoms. The van der Waals surface area contributed by atoms with E-state index in [-0.39, 0.29) is 0 Å². The summed E-state index contributed by atoms with van der Waals surface area (Å²) in [5, 5.41) is 9.04. The van der Waals surface area contributed by atoms with Crippen molar-refractivity contribution in [3.8, 4) is 6.07 Å². The van der Waals surface area contributed by atoms with Gasteiger partial charge >= 0.3 is 0 Å². The van der Waals surface area contributed by atoms with Crippen molar-refractivity contribution in [1.82, 2.24) is 0 Å². The standard InChI is InChI=1S/C16H11NO/c17-11-16-10-14(12-18)7-9-15(16)8-6-13-4-2-1-3-5-13/h1-10,12H/b8-6+. The Balaban J connectivity index is 2.32. The molecule has 0 bridgehead atoms. The molecule has 2 aromatic carbocycles. The fraction of sp³-hybridized carbons (Fsp3) is 0. The summed E-state index contributed by atoms with van der Waals surface area (Å²) in [5.41, 5.74) is 2.91. The normalized spacial score (nSPS) is 10.2. The second kappa shape index (κ2) is 5.60. The molecule has 2 rings (SSSR count). The third-order valence-corrected chi connectivity index (χ3v) is 2.59. The van der Waals surface area contributed by atoms with Gasteiger partial charge < -0.3 is 0 Å². The van der Waals surface area contributed by atoms with E-state index in [9.17, 15) is 4.79 Å². The number of carbonyl (C=O) groups excluding carboxylic acids is 1. The number of nitrogens with zero attached hydrogens (tertiary/aromatic N) is 1. The molecule has 0 N–H and O–H groups in total. The predicted molar refractivity (Wildman–Crippen MR) is 71.9 cm³/mol. The molecular weight excluding hydrogens is 222 g/mol. The number of rotatable bonds is 3. The Hall–Kier alpha value is -2.66.